The van der Waals surface area contributed by atoms with Crippen molar-refractivity contribution in [3.63, 3.8) is 0 Å². The number of hydrogen-bond acceptors (Lipinski definition) is 5. The normalized spacial score (nSPS) is 15.2. The monoisotopic (exact) mass is 345 g/mol. The second kappa shape index (κ2) is 14.8. The van der Waals surface area contributed by atoms with Gasteiger partial charge in [0, 0.05) is 6.42 Å². The lowest BCUT2D eigenvalue weighted by molar-refractivity contribution is -0.153. The van der Waals surface area contributed by atoms with E-state index in [-0.39, 0.29) is 6.42 Å². The van der Waals surface area contributed by atoms with Gasteiger partial charge in [-0.1, -0.05) is 84.0 Å². The molecule has 5 nitrogen and oxygen atoms in total. The van der Waals surface area contributed by atoms with Gasteiger partial charge < -0.3 is 15.3 Å². The van der Waals surface area contributed by atoms with E-state index in [1.165, 1.54) is 64.2 Å². The maximum Gasteiger partial charge on any atom is 0.202 e. The number of rotatable bonds is 17. The zero-order chi connectivity index (χ0) is 18.3. The third kappa shape index (κ3) is 11.1. The van der Waals surface area contributed by atoms with Gasteiger partial charge in [-0.15, -0.1) is 0 Å². The first-order chi connectivity index (χ1) is 11.5. The molecular formula is C19H39NO4. The molecule has 0 saturated heterocycles. The van der Waals surface area contributed by atoms with E-state index in [0.29, 0.717) is 6.42 Å². The van der Waals surface area contributed by atoms with Gasteiger partial charge in [0.1, 0.15) is 6.10 Å². The summed E-state index contributed by atoms with van der Waals surface area (Å²) in [5.41, 5.74) is 3.03. The Balaban J connectivity index is 3.41. The third-order valence-electron chi connectivity index (χ3n) is 4.64. The van der Waals surface area contributed by atoms with Crippen LogP contribution in [-0.4, -0.2) is 39.5 Å². The van der Waals surface area contributed by atoms with E-state index >= 15 is 0 Å². The van der Waals surface area contributed by atoms with Crippen LogP contribution in [0.4, 0.5) is 0 Å². The van der Waals surface area contributed by atoms with Crippen molar-refractivity contribution in [1.82, 2.24) is 0 Å². The van der Waals surface area contributed by atoms with E-state index in [1.54, 1.807) is 0 Å². The minimum Gasteiger partial charge on any atom is -0.393 e. The predicted molar refractivity (Wildman–Crippen MR) is 97.5 cm³/mol. The molecule has 144 valence electrons. The van der Waals surface area contributed by atoms with E-state index in [0.717, 1.165) is 12.8 Å². The second-order valence-electron chi connectivity index (χ2n) is 6.94. The van der Waals surface area contributed by atoms with Crippen molar-refractivity contribution >= 4 is 5.78 Å². The summed E-state index contributed by atoms with van der Waals surface area (Å²) < 4.78 is 0. The Morgan fingerprint density at radius 1 is 0.875 bits per heavy atom. The second-order valence-corrected chi connectivity index (χ2v) is 6.94. The summed E-state index contributed by atoms with van der Waals surface area (Å²) in [6, 6.07) is 0. The number of hydrogen-bond donors (Lipinski definition) is 4. The standard InChI is InChI=1S/C19H39NO4/c1-2-3-4-5-6-7-8-9-10-11-12-13-14-15-17(22)19(20,24)18(23)16-21/h18,21,23-24H,2-16,20H2,1H3. The number of carbonyl (C=O) groups is 1. The fourth-order valence-electron chi connectivity index (χ4n) is 2.83. The van der Waals surface area contributed by atoms with E-state index < -0.39 is 24.2 Å². The quantitative estimate of drug-likeness (QED) is 0.240. The third-order valence-corrected chi connectivity index (χ3v) is 4.64. The van der Waals surface area contributed by atoms with Crippen LogP contribution in [0.3, 0.4) is 0 Å². The summed E-state index contributed by atoms with van der Waals surface area (Å²) in [7, 11) is 0. The Bertz CT molecular complexity index is 308. The minimum absolute atomic E-state index is 0.141. The molecule has 5 N–H and O–H groups in total. The molecule has 0 fully saturated rings. The van der Waals surface area contributed by atoms with Crippen LogP contribution in [0.1, 0.15) is 96.8 Å². The highest BCUT2D eigenvalue weighted by molar-refractivity contribution is 5.87. The van der Waals surface area contributed by atoms with Gasteiger partial charge in [-0.25, -0.2) is 0 Å². The maximum absolute atomic E-state index is 11.7. The van der Waals surface area contributed by atoms with Crippen molar-refractivity contribution < 1.29 is 20.1 Å². The average Bonchev–Trinajstić information content (AvgIpc) is 2.57. The van der Waals surface area contributed by atoms with Gasteiger partial charge in [0.05, 0.1) is 6.61 Å². The van der Waals surface area contributed by atoms with Gasteiger partial charge in [-0.3, -0.25) is 10.5 Å². The fraction of sp³-hybridized carbons (Fsp3) is 0.947. The van der Waals surface area contributed by atoms with Crippen LogP contribution in [0.15, 0.2) is 0 Å². The summed E-state index contributed by atoms with van der Waals surface area (Å²) in [4.78, 5) is 11.7. The largest absolute Gasteiger partial charge is 0.393 e. The molecule has 0 amide bonds. The Morgan fingerprint density at radius 2 is 1.25 bits per heavy atom. The van der Waals surface area contributed by atoms with Crippen molar-refractivity contribution in [2.24, 2.45) is 5.73 Å². The molecule has 2 atom stereocenters. The van der Waals surface area contributed by atoms with Crippen LogP contribution in [0.25, 0.3) is 0 Å². The SMILES string of the molecule is CCCCCCCCCCCCCCCC(=O)C(N)(O)C(O)CO. The molecule has 0 rings (SSSR count). The van der Waals surface area contributed by atoms with E-state index in [1.807, 2.05) is 0 Å². The van der Waals surface area contributed by atoms with E-state index in [9.17, 15) is 15.0 Å². The molecule has 0 aromatic rings. The zero-order valence-electron chi connectivity index (χ0n) is 15.5. The predicted octanol–water partition coefficient (Wildman–Crippen LogP) is 3.04. The number of ketones is 1. The number of unbranched alkanes of at least 4 members (excludes halogenated alkanes) is 12. The summed E-state index contributed by atoms with van der Waals surface area (Å²) >= 11 is 0. The van der Waals surface area contributed by atoms with Crippen molar-refractivity contribution in [2.75, 3.05) is 6.61 Å². The van der Waals surface area contributed by atoms with Gasteiger partial charge in [-0.2, -0.15) is 0 Å². The Morgan fingerprint density at radius 3 is 1.62 bits per heavy atom. The molecule has 0 bridgehead atoms. The highest BCUT2D eigenvalue weighted by Crippen LogP contribution is 2.14. The molecule has 0 radical (unpaired) electrons. The number of aliphatic hydroxyl groups excluding tert-OH is 2. The molecule has 0 saturated carbocycles. The molecule has 0 aliphatic carbocycles. The minimum atomic E-state index is -2.33. The lowest BCUT2D eigenvalue weighted by Crippen LogP contribution is -2.58. The highest BCUT2D eigenvalue weighted by atomic mass is 16.4. The molecule has 0 aromatic heterocycles. The lowest BCUT2D eigenvalue weighted by Gasteiger charge is -2.25. The number of aliphatic hydroxyl groups is 3. The van der Waals surface area contributed by atoms with Crippen molar-refractivity contribution in [3.8, 4) is 0 Å². The van der Waals surface area contributed by atoms with Gasteiger partial charge in [0.25, 0.3) is 0 Å². The van der Waals surface area contributed by atoms with Crippen LogP contribution in [0.2, 0.25) is 0 Å². The summed E-state index contributed by atoms with van der Waals surface area (Å²) in [5, 5.41) is 27.7. The van der Waals surface area contributed by atoms with Crippen molar-refractivity contribution in [3.05, 3.63) is 0 Å². The van der Waals surface area contributed by atoms with Crippen LogP contribution in [0, 0.1) is 0 Å². The zero-order valence-corrected chi connectivity index (χ0v) is 15.5. The van der Waals surface area contributed by atoms with Gasteiger partial charge in [-0.05, 0) is 6.42 Å². The molecule has 24 heavy (non-hydrogen) atoms. The molecule has 0 spiro atoms. The lowest BCUT2D eigenvalue weighted by atomic mass is 9.97. The van der Waals surface area contributed by atoms with Gasteiger partial charge in [0.15, 0.2) is 5.78 Å². The first-order valence-corrected chi connectivity index (χ1v) is 9.80. The topological polar surface area (TPSA) is 104 Å². The molecule has 0 aromatic carbocycles. The highest BCUT2D eigenvalue weighted by Gasteiger charge is 2.37. The molecule has 0 aliphatic heterocycles. The summed E-state index contributed by atoms with van der Waals surface area (Å²) in [6.45, 7) is 1.52. The molecule has 2 unspecified atom stereocenters. The molecule has 0 heterocycles. The maximum atomic E-state index is 11.7. The molecule has 5 heteroatoms. The van der Waals surface area contributed by atoms with Gasteiger partial charge >= 0.3 is 0 Å². The van der Waals surface area contributed by atoms with E-state index in [2.05, 4.69) is 6.92 Å². The summed E-state index contributed by atoms with van der Waals surface area (Å²) in [5.74, 6) is -0.605. The smallest absolute Gasteiger partial charge is 0.202 e. The van der Waals surface area contributed by atoms with Crippen LogP contribution in [0.5, 0.6) is 0 Å². The van der Waals surface area contributed by atoms with E-state index in [4.69, 9.17) is 10.8 Å². The Labute approximate surface area is 147 Å². The van der Waals surface area contributed by atoms with Crippen LogP contribution in [-0.2, 0) is 4.79 Å². The first-order valence-electron chi connectivity index (χ1n) is 9.80. The van der Waals surface area contributed by atoms with Crippen molar-refractivity contribution in [1.29, 1.82) is 0 Å². The fourth-order valence-corrected chi connectivity index (χ4v) is 2.83. The molecular weight excluding hydrogens is 306 g/mol. The Kier molecular flexibility index (Phi) is 14.5. The van der Waals surface area contributed by atoms with Crippen LogP contribution >= 0.6 is 0 Å². The van der Waals surface area contributed by atoms with Gasteiger partial charge in [0.2, 0.25) is 5.72 Å². The average molecular weight is 346 g/mol. The van der Waals surface area contributed by atoms with Crippen molar-refractivity contribution in [2.45, 2.75) is 109 Å². The summed E-state index contributed by atoms with van der Waals surface area (Å²) in [6.07, 6.45) is 14.4. The number of nitrogens with two attached hydrogens (primary N) is 1. The first kappa shape index (κ1) is 23.5. The number of carbonyl (C=O) groups excluding carboxylic acids is 1. The molecule has 0 aliphatic rings. The number of Topliss-reactive ketones (excluding diaryl/α,β-unsaturated/α-hetero) is 1. The Hall–Kier alpha value is -0.490. The van der Waals surface area contributed by atoms with Crippen LogP contribution < -0.4 is 5.73 Å².